The topological polar surface area (TPSA) is 35.3 Å². The zero-order chi connectivity index (χ0) is 34.2. The summed E-state index contributed by atoms with van der Waals surface area (Å²) in [7, 11) is 0. The molecule has 3 nitrogen and oxygen atoms in total. The maximum absolute atomic E-state index is 7.55. The molecule has 7 atom stereocenters. The summed E-state index contributed by atoms with van der Waals surface area (Å²) in [5.41, 5.74) is 12.5. The van der Waals surface area contributed by atoms with Crippen LogP contribution < -0.4 is 10.4 Å². The first-order chi connectivity index (χ1) is 25.8. The molecule has 0 bridgehead atoms. The molecule has 3 aromatic carbocycles. The molecule has 4 aromatic rings. The summed E-state index contributed by atoms with van der Waals surface area (Å²) in [5, 5.41) is 2.99. The third-order valence-electron chi connectivity index (χ3n) is 13.3. The van der Waals surface area contributed by atoms with Crippen LogP contribution in [0.3, 0.4) is 0 Å². The van der Waals surface area contributed by atoms with Crippen LogP contribution in [0.1, 0.15) is 90.5 Å². The molecule has 0 radical (unpaired) electrons. The maximum atomic E-state index is 7.55. The summed E-state index contributed by atoms with van der Waals surface area (Å²) >= 11 is 0. The van der Waals surface area contributed by atoms with Crippen LogP contribution >= 0.6 is 0 Å². The lowest BCUT2D eigenvalue weighted by Gasteiger charge is -2.43. The highest BCUT2D eigenvalue weighted by atomic mass is 16.5. The first-order valence-corrected chi connectivity index (χ1v) is 19.9. The molecule has 6 unspecified atom stereocenters. The fourth-order valence-corrected chi connectivity index (χ4v) is 11.0. The molecule has 7 aliphatic rings. The summed E-state index contributed by atoms with van der Waals surface area (Å²) < 4.78 is 13.8. The van der Waals surface area contributed by atoms with E-state index in [2.05, 4.69) is 97.2 Å². The van der Waals surface area contributed by atoms with Gasteiger partial charge in [-0.25, -0.2) is 4.98 Å². The van der Waals surface area contributed by atoms with Gasteiger partial charge in [0.25, 0.3) is 0 Å². The molecule has 0 amide bonds. The molecule has 11 rings (SSSR count). The van der Waals surface area contributed by atoms with Crippen molar-refractivity contribution < 1.29 is 9.15 Å². The summed E-state index contributed by atoms with van der Waals surface area (Å²) in [6.45, 7) is 0. The standard InChI is InChI=1S/C49H45NO2/c1-2-12-30(13-3-1)41-28-33-14-4-5-15-35(33)46-45(34-26-27-40-38-18-7-6-16-36(38)37-17-8-9-19-39(37)42(40)29-34)47(52-48(41)46)31-22-24-32(25-23-31)49-50-43-20-10-11-21-44(43)51-49/h1-6,9-14,16,19-22,24,27,29,31-32,34-35,41,46,48H,7-8,15,17-18,23,25-26,28H2/t31?,32?,34?,35?,41-,46?,48?/m1/s1. The van der Waals surface area contributed by atoms with Gasteiger partial charge in [0, 0.05) is 23.7 Å². The van der Waals surface area contributed by atoms with Crippen molar-refractivity contribution in [3.05, 3.63) is 158 Å². The van der Waals surface area contributed by atoms with E-state index in [9.17, 15) is 0 Å². The van der Waals surface area contributed by atoms with E-state index in [-0.39, 0.29) is 17.9 Å². The van der Waals surface area contributed by atoms with Crippen molar-refractivity contribution in [2.75, 3.05) is 0 Å². The van der Waals surface area contributed by atoms with Crippen molar-refractivity contribution in [1.29, 1.82) is 0 Å². The molecule has 258 valence electrons. The molecule has 0 saturated heterocycles. The van der Waals surface area contributed by atoms with E-state index < -0.39 is 0 Å². The van der Waals surface area contributed by atoms with Gasteiger partial charge in [0.15, 0.2) is 5.58 Å². The molecule has 3 heteroatoms. The minimum atomic E-state index is 0.140. The zero-order valence-electron chi connectivity index (χ0n) is 29.7. The second-order valence-electron chi connectivity index (χ2n) is 16.1. The highest BCUT2D eigenvalue weighted by Gasteiger charge is 2.52. The smallest absolute Gasteiger partial charge is 0.202 e. The van der Waals surface area contributed by atoms with Gasteiger partial charge >= 0.3 is 0 Å². The number of ether oxygens (including phenoxy) is 1. The molecule has 0 spiro atoms. The van der Waals surface area contributed by atoms with Crippen molar-refractivity contribution in [2.45, 2.75) is 75.7 Å². The maximum Gasteiger partial charge on any atom is 0.202 e. The normalized spacial score (nSPS) is 29.6. The van der Waals surface area contributed by atoms with E-state index in [0.29, 0.717) is 23.7 Å². The molecule has 52 heavy (non-hydrogen) atoms. The Labute approximate surface area is 306 Å². The second kappa shape index (κ2) is 12.4. The second-order valence-corrected chi connectivity index (χ2v) is 16.1. The van der Waals surface area contributed by atoms with Gasteiger partial charge in [-0.1, -0.05) is 115 Å². The molecule has 1 saturated carbocycles. The Hall–Kier alpha value is -4.89. The van der Waals surface area contributed by atoms with Crippen LogP contribution in [0.25, 0.3) is 35.4 Å². The number of hydrogen-bond donors (Lipinski definition) is 0. The number of para-hydroxylation sites is 2. The summed E-state index contributed by atoms with van der Waals surface area (Å²) in [6.07, 6.45) is 36.9. The van der Waals surface area contributed by atoms with Crippen LogP contribution in [-0.2, 0) is 17.6 Å². The molecular weight excluding hydrogens is 635 g/mol. The summed E-state index contributed by atoms with van der Waals surface area (Å²) in [5.74, 6) is 4.04. The average molecular weight is 680 g/mol. The van der Waals surface area contributed by atoms with Crippen LogP contribution in [0.5, 0.6) is 0 Å². The molecule has 1 fully saturated rings. The summed E-state index contributed by atoms with van der Waals surface area (Å²) in [6, 6.07) is 19.4. The number of rotatable bonds is 4. The molecule has 2 heterocycles. The average Bonchev–Trinajstić information content (AvgIpc) is 3.84. The molecule has 1 aliphatic heterocycles. The van der Waals surface area contributed by atoms with E-state index in [1.165, 1.54) is 32.9 Å². The predicted molar refractivity (Wildman–Crippen MR) is 211 cm³/mol. The largest absolute Gasteiger partial charge is 0.493 e. The Kier molecular flexibility index (Phi) is 7.30. The lowest BCUT2D eigenvalue weighted by atomic mass is 9.61. The minimum absolute atomic E-state index is 0.140. The molecule has 6 aliphatic carbocycles. The molecule has 0 N–H and O–H groups in total. The van der Waals surface area contributed by atoms with Gasteiger partial charge in [-0.3, -0.25) is 0 Å². The van der Waals surface area contributed by atoms with E-state index in [0.717, 1.165) is 74.8 Å². The van der Waals surface area contributed by atoms with Gasteiger partial charge in [-0.2, -0.15) is 0 Å². The predicted octanol–water partition coefficient (Wildman–Crippen LogP) is 10.0. The summed E-state index contributed by atoms with van der Waals surface area (Å²) in [4.78, 5) is 4.89. The molecular formula is C49H45NO2. The number of aromatic nitrogens is 1. The van der Waals surface area contributed by atoms with Crippen LogP contribution in [0.2, 0.25) is 0 Å². The van der Waals surface area contributed by atoms with Crippen molar-refractivity contribution in [1.82, 2.24) is 4.98 Å². The number of nitrogens with zero attached hydrogens (tertiary/aromatic N) is 1. The van der Waals surface area contributed by atoms with Crippen LogP contribution in [0, 0.1) is 23.7 Å². The van der Waals surface area contributed by atoms with Gasteiger partial charge in [0.05, 0.1) is 5.92 Å². The monoisotopic (exact) mass is 679 g/mol. The van der Waals surface area contributed by atoms with Gasteiger partial charge in [-0.15, -0.1) is 0 Å². The highest BCUT2D eigenvalue weighted by molar-refractivity contribution is 5.73. The fraction of sp³-hybridized carbons (Fsp3) is 0.327. The van der Waals surface area contributed by atoms with E-state index in [1.54, 1.807) is 22.3 Å². The van der Waals surface area contributed by atoms with Gasteiger partial charge in [-0.05, 0) is 120 Å². The third kappa shape index (κ3) is 4.88. The third-order valence-corrected chi connectivity index (χ3v) is 13.3. The van der Waals surface area contributed by atoms with E-state index >= 15 is 0 Å². The van der Waals surface area contributed by atoms with Crippen molar-refractivity contribution in [3.8, 4) is 0 Å². The van der Waals surface area contributed by atoms with Crippen molar-refractivity contribution >= 4 is 35.4 Å². The quantitative estimate of drug-likeness (QED) is 0.202. The van der Waals surface area contributed by atoms with Crippen molar-refractivity contribution in [3.63, 3.8) is 0 Å². The fourth-order valence-electron chi connectivity index (χ4n) is 11.0. The SMILES string of the molecule is C1=CCC2C(=C1)C[C@H](c1ccccc1)C1OC(C3C=CC(c4nc5ccccc5o4)CC3)=C(C3C=c4c5c(c6c(c4=CC3)CCC=C6)CCC=C5)C21. The lowest BCUT2D eigenvalue weighted by molar-refractivity contribution is 0.0439. The Morgan fingerprint density at radius 3 is 2.38 bits per heavy atom. The first-order valence-electron chi connectivity index (χ1n) is 19.9. The number of oxazole rings is 1. The van der Waals surface area contributed by atoms with Crippen LogP contribution in [0.4, 0.5) is 0 Å². The van der Waals surface area contributed by atoms with E-state index in [1.807, 2.05) is 24.3 Å². The Morgan fingerprint density at radius 1 is 0.712 bits per heavy atom. The number of benzene rings is 3. The van der Waals surface area contributed by atoms with Gasteiger partial charge < -0.3 is 9.15 Å². The molecule has 1 aromatic heterocycles. The number of fused-ring (bicyclic) bond motifs is 10. The number of hydrogen-bond acceptors (Lipinski definition) is 3. The van der Waals surface area contributed by atoms with E-state index in [4.69, 9.17) is 14.1 Å². The van der Waals surface area contributed by atoms with Gasteiger partial charge in [0.1, 0.15) is 17.4 Å². The minimum Gasteiger partial charge on any atom is -0.493 e. The highest BCUT2D eigenvalue weighted by Crippen LogP contribution is 2.57. The zero-order valence-corrected chi connectivity index (χ0v) is 29.7. The first kappa shape index (κ1) is 30.7. The van der Waals surface area contributed by atoms with Crippen LogP contribution in [0.15, 0.2) is 118 Å². The lowest BCUT2D eigenvalue weighted by Crippen LogP contribution is -2.41. The van der Waals surface area contributed by atoms with Crippen LogP contribution in [-0.4, -0.2) is 11.1 Å². The van der Waals surface area contributed by atoms with Crippen molar-refractivity contribution in [2.24, 2.45) is 23.7 Å². The Morgan fingerprint density at radius 2 is 1.52 bits per heavy atom. The Bertz CT molecular complexity index is 2380. The number of allylic oxidation sites excluding steroid dienone is 8. The van der Waals surface area contributed by atoms with Gasteiger partial charge in [0.2, 0.25) is 5.89 Å². The Balaban J connectivity index is 1.06.